The van der Waals surface area contributed by atoms with Crippen LogP contribution in [0, 0.1) is 0 Å². The molecule has 0 atom stereocenters. The summed E-state index contributed by atoms with van der Waals surface area (Å²) in [5.74, 6) is 2.49. The van der Waals surface area contributed by atoms with E-state index in [4.69, 9.17) is 10.7 Å². The predicted octanol–water partition coefficient (Wildman–Crippen LogP) is 3.76. The third-order valence-electron chi connectivity index (χ3n) is 4.69. The highest BCUT2D eigenvalue weighted by molar-refractivity contribution is 5.43. The van der Waals surface area contributed by atoms with Crippen LogP contribution in [0.4, 0.5) is 5.69 Å². The van der Waals surface area contributed by atoms with Crippen molar-refractivity contribution in [2.45, 2.75) is 57.3 Å². The molecule has 4 heteroatoms. The Morgan fingerprint density at radius 3 is 2.43 bits per heavy atom. The van der Waals surface area contributed by atoms with Crippen molar-refractivity contribution in [3.8, 4) is 0 Å². The average Bonchev–Trinajstić information content (AvgIpc) is 2.99. The minimum Gasteiger partial charge on any atom is -0.399 e. The molecule has 0 amide bonds. The summed E-state index contributed by atoms with van der Waals surface area (Å²) in [4.78, 5) is 4.81. The van der Waals surface area contributed by atoms with E-state index in [-0.39, 0.29) is 5.41 Å². The molecule has 0 saturated heterocycles. The highest BCUT2D eigenvalue weighted by Gasteiger charge is 2.29. The van der Waals surface area contributed by atoms with Gasteiger partial charge in [-0.05, 0) is 44.4 Å². The van der Waals surface area contributed by atoms with Crippen molar-refractivity contribution in [2.24, 2.45) is 0 Å². The van der Waals surface area contributed by atoms with Crippen molar-refractivity contribution >= 4 is 5.69 Å². The van der Waals surface area contributed by atoms with Crippen LogP contribution in [-0.2, 0) is 5.41 Å². The molecule has 0 radical (unpaired) electrons. The van der Waals surface area contributed by atoms with E-state index in [1.165, 1.54) is 37.7 Å². The fraction of sp³-hybridized carbons (Fsp3) is 0.529. The van der Waals surface area contributed by atoms with E-state index in [9.17, 15) is 0 Å². The quantitative estimate of drug-likeness (QED) is 0.843. The van der Waals surface area contributed by atoms with Gasteiger partial charge in [-0.25, -0.2) is 4.98 Å². The van der Waals surface area contributed by atoms with E-state index >= 15 is 0 Å². The number of aromatic nitrogens is 3. The molecule has 0 unspecified atom stereocenters. The molecular formula is C17H24N4. The van der Waals surface area contributed by atoms with E-state index in [2.05, 4.69) is 36.2 Å². The number of nitrogens with one attached hydrogen (secondary N) is 1. The molecule has 1 heterocycles. The van der Waals surface area contributed by atoms with Crippen LogP contribution >= 0.6 is 0 Å². The molecule has 3 N–H and O–H groups in total. The molecule has 3 rings (SSSR count). The van der Waals surface area contributed by atoms with Crippen LogP contribution in [0.15, 0.2) is 24.3 Å². The number of aromatic amines is 1. The van der Waals surface area contributed by atoms with E-state index in [0.29, 0.717) is 5.92 Å². The molecule has 1 saturated carbocycles. The zero-order chi connectivity index (χ0) is 14.9. The molecule has 4 nitrogen and oxygen atoms in total. The number of rotatable bonds is 3. The van der Waals surface area contributed by atoms with Gasteiger partial charge in [0.2, 0.25) is 0 Å². The highest BCUT2D eigenvalue weighted by atomic mass is 15.2. The Bertz CT molecular complexity index is 592. The Labute approximate surface area is 126 Å². The molecule has 1 aromatic carbocycles. The first-order valence-corrected chi connectivity index (χ1v) is 7.86. The third-order valence-corrected chi connectivity index (χ3v) is 4.69. The molecule has 1 aromatic heterocycles. The minimum absolute atomic E-state index is 0.211. The Balaban J connectivity index is 1.85. The number of H-pyrrole nitrogens is 1. The summed E-state index contributed by atoms with van der Waals surface area (Å²) in [6.45, 7) is 4.32. The van der Waals surface area contributed by atoms with Crippen LogP contribution in [0.25, 0.3) is 0 Å². The summed E-state index contributed by atoms with van der Waals surface area (Å²) in [6, 6.07) is 8.00. The zero-order valence-corrected chi connectivity index (χ0v) is 12.9. The fourth-order valence-corrected chi connectivity index (χ4v) is 3.14. The molecule has 1 fully saturated rings. The van der Waals surface area contributed by atoms with Gasteiger partial charge in [0.15, 0.2) is 5.82 Å². The molecule has 0 bridgehead atoms. The van der Waals surface area contributed by atoms with Crippen LogP contribution in [0.2, 0.25) is 0 Å². The Morgan fingerprint density at radius 1 is 1.10 bits per heavy atom. The highest BCUT2D eigenvalue weighted by Crippen LogP contribution is 2.33. The minimum atomic E-state index is -0.211. The second-order valence-corrected chi connectivity index (χ2v) is 6.63. The number of nitrogens with zero attached hydrogens (tertiary/aromatic N) is 2. The Hall–Kier alpha value is -1.84. The van der Waals surface area contributed by atoms with Crippen LogP contribution in [0.5, 0.6) is 0 Å². The van der Waals surface area contributed by atoms with Crippen molar-refractivity contribution in [1.82, 2.24) is 15.2 Å². The molecule has 1 aliphatic carbocycles. The SMILES string of the molecule is CC(C)(c1ccc(N)cc1)c1n[nH]c(C2CCCCC2)n1. The van der Waals surface area contributed by atoms with Gasteiger partial charge in [0.05, 0.1) is 5.41 Å². The number of nitrogen functional groups attached to an aromatic ring is 1. The lowest BCUT2D eigenvalue weighted by molar-refractivity contribution is 0.429. The molecule has 0 aliphatic heterocycles. The zero-order valence-electron chi connectivity index (χ0n) is 12.9. The van der Waals surface area contributed by atoms with Crippen molar-refractivity contribution < 1.29 is 0 Å². The van der Waals surface area contributed by atoms with Gasteiger partial charge in [-0.15, -0.1) is 0 Å². The van der Waals surface area contributed by atoms with Gasteiger partial charge in [-0.1, -0.05) is 31.4 Å². The van der Waals surface area contributed by atoms with Gasteiger partial charge in [-0.2, -0.15) is 5.10 Å². The summed E-state index contributed by atoms with van der Waals surface area (Å²) in [5, 5.41) is 7.67. The second kappa shape index (κ2) is 5.51. The van der Waals surface area contributed by atoms with E-state index in [1.807, 2.05) is 12.1 Å². The van der Waals surface area contributed by atoms with Crippen LogP contribution in [-0.4, -0.2) is 15.2 Å². The van der Waals surface area contributed by atoms with Gasteiger partial charge in [0.25, 0.3) is 0 Å². The van der Waals surface area contributed by atoms with Gasteiger partial charge < -0.3 is 5.73 Å². The van der Waals surface area contributed by atoms with Crippen LogP contribution < -0.4 is 5.73 Å². The van der Waals surface area contributed by atoms with Crippen LogP contribution in [0.1, 0.15) is 69.1 Å². The van der Waals surface area contributed by atoms with Crippen molar-refractivity contribution in [2.75, 3.05) is 5.73 Å². The predicted molar refractivity (Wildman–Crippen MR) is 85.2 cm³/mol. The number of hydrogen-bond acceptors (Lipinski definition) is 3. The first kappa shape index (κ1) is 14.1. The number of nitrogens with two attached hydrogens (primary N) is 1. The summed E-state index contributed by atoms with van der Waals surface area (Å²) in [5.41, 5.74) is 7.53. The van der Waals surface area contributed by atoms with Gasteiger partial charge >= 0.3 is 0 Å². The summed E-state index contributed by atoms with van der Waals surface area (Å²) >= 11 is 0. The smallest absolute Gasteiger partial charge is 0.160 e. The summed E-state index contributed by atoms with van der Waals surface area (Å²) < 4.78 is 0. The summed E-state index contributed by atoms with van der Waals surface area (Å²) in [6.07, 6.45) is 6.44. The van der Waals surface area contributed by atoms with Crippen LogP contribution in [0.3, 0.4) is 0 Å². The van der Waals surface area contributed by atoms with Gasteiger partial charge in [-0.3, -0.25) is 5.10 Å². The maximum absolute atomic E-state index is 5.77. The van der Waals surface area contributed by atoms with Crippen molar-refractivity contribution in [1.29, 1.82) is 0 Å². The Kier molecular flexibility index (Phi) is 3.70. The first-order valence-electron chi connectivity index (χ1n) is 7.86. The topological polar surface area (TPSA) is 67.6 Å². The lowest BCUT2D eigenvalue weighted by atomic mass is 9.83. The molecular weight excluding hydrogens is 260 g/mol. The fourth-order valence-electron chi connectivity index (χ4n) is 3.14. The maximum atomic E-state index is 5.77. The molecule has 0 spiro atoms. The van der Waals surface area contributed by atoms with Gasteiger partial charge in [0, 0.05) is 11.6 Å². The first-order chi connectivity index (χ1) is 10.1. The molecule has 112 valence electrons. The number of benzene rings is 1. The largest absolute Gasteiger partial charge is 0.399 e. The third kappa shape index (κ3) is 2.80. The van der Waals surface area contributed by atoms with Crippen molar-refractivity contribution in [3.63, 3.8) is 0 Å². The number of anilines is 1. The van der Waals surface area contributed by atoms with E-state index in [1.54, 1.807) is 0 Å². The molecule has 1 aliphatic rings. The number of hydrogen-bond donors (Lipinski definition) is 2. The maximum Gasteiger partial charge on any atom is 0.160 e. The van der Waals surface area contributed by atoms with E-state index in [0.717, 1.165) is 17.3 Å². The lowest BCUT2D eigenvalue weighted by Crippen LogP contribution is -2.21. The Morgan fingerprint density at radius 2 is 1.76 bits per heavy atom. The second-order valence-electron chi connectivity index (χ2n) is 6.63. The van der Waals surface area contributed by atoms with E-state index < -0.39 is 0 Å². The standard InChI is InChI=1S/C17H24N4/c1-17(2,13-8-10-14(18)11-9-13)16-19-15(20-21-16)12-6-4-3-5-7-12/h8-12H,3-7,18H2,1-2H3,(H,19,20,21). The summed E-state index contributed by atoms with van der Waals surface area (Å²) in [7, 11) is 0. The molecule has 21 heavy (non-hydrogen) atoms. The monoisotopic (exact) mass is 284 g/mol. The average molecular weight is 284 g/mol. The lowest BCUT2D eigenvalue weighted by Gasteiger charge is -2.22. The van der Waals surface area contributed by atoms with Crippen molar-refractivity contribution in [3.05, 3.63) is 41.5 Å². The van der Waals surface area contributed by atoms with Gasteiger partial charge in [0.1, 0.15) is 5.82 Å². The normalized spacial score (nSPS) is 17.0. The molecule has 2 aromatic rings.